The van der Waals surface area contributed by atoms with E-state index >= 15 is 0 Å². The lowest BCUT2D eigenvalue weighted by Gasteiger charge is -2.26. The summed E-state index contributed by atoms with van der Waals surface area (Å²) in [5.41, 5.74) is 5.02. The van der Waals surface area contributed by atoms with Crippen molar-refractivity contribution < 1.29 is 4.74 Å². The van der Waals surface area contributed by atoms with Crippen molar-refractivity contribution in [2.45, 2.75) is 25.4 Å². The Morgan fingerprint density at radius 3 is 3.00 bits per heavy atom. The topological polar surface area (TPSA) is 99.6 Å². The van der Waals surface area contributed by atoms with E-state index in [9.17, 15) is 0 Å². The smallest absolute Gasteiger partial charge is 0.140 e. The summed E-state index contributed by atoms with van der Waals surface area (Å²) in [5.74, 6) is 0.638. The number of fused-ring (bicyclic) bond motifs is 1. The van der Waals surface area contributed by atoms with E-state index in [2.05, 4.69) is 21.5 Å². The number of aromatic nitrogens is 3. The number of hydrogen-bond acceptors (Lipinski definition) is 6. The Labute approximate surface area is 163 Å². The number of aryl methyl sites for hydroxylation is 2. The third kappa shape index (κ3) is 3.58. The van der Waals surface area contributed by atoms with Gasteiger partial charge in [-0.15, -0.1) is 0 Å². The molecule has 0 amide bonds. The third-order valence-electron chi connectivity index (χ3n) is 4.82. The quantitative estimate of drug-likeness (QED) is 0.662. The Kier molecular flexibility index (Phi) is 4.77. The normalized spacial score (nSPS) is 15.4. The maximum Gasteiger partial charge on any atom is 0.140 e. The monoisotopic (exact) mass is 372 g/mol. The van der Waals surface area contributed by atoms with Crippen molar-refractivity contribution in [1.82, 2.24) is 14.8 Å². The highest BCUT2D eigenvalue weighted by atomic mass is 16.5. The minimum Gasteiger partial charge on any atom is -0.484 e. The van der Waals surface area contributed by atoms with Gasteiger partial charge in [-0.2, -0.15) is 10.4 Å². The van der Waals surface area contributed by atoms with E-state index in [0.717, 1.165) is 30.5 Å². The highest BCUT2D eigenvalue weighted by Crippen LogP contribution is 2.35. The maximum atomic E-state index is 9.12. The van der Waals surface area contributed by atoms with Gasteiger partial charge < -0.3 is 15.5 Å². The Bertz CT molecular complexity index is 1060. The molecule has 1 aliphatic rings. The molecule has 0 aliphatic heterocycles. The second-order valence-electron chi connectivity index (χ2n) is 6.80. The molecule has 0 unspecified atom stereocenters. The van der Waals surface area contributed by atoms with Gasteiger partial charge in [0.25, 0.3) is 0 Å². The summed E-state index contributed by atoms with van der Waals surface area (Å²) >= 11 is 0. The van der Waals surface area contributed by atoms with Crippen LogP contribution in [0.15, 0.2) is 42.9 Å². The molecule has 4 rings (SSSR count). The summed E-state index contributed by atoms with van der Waals surface area (Å²) in [6.07, 6.45) is 9.24. The number of ether oxygens (including phenoxy) is 1. The van der Waals surface area contributed by atoms with Crippen molar-refractivity contribution in [2.24, 2.45) is 7.05 Å². The molecule has 0 radical (unpaired) electrons. The van der Waals surface area contributed by atoms with Crippen molar-refractivity contribution in [3.63, 3.8) is 0 Å². The summed E-state index contributed by atoms with van der Waals surface area (Å²) in [6.45, 7) is 0. The van der Waals surface area contributed by atoms with E-state index in [4.69, 9.17) is 15.4 Å². The molecule has 0 spiro atoms. The number of rotatable bonds is 5. The number of anilines is 2. The van der Waals surface area contributed by atoms with Crippen LogP contribution in [0.4, 0.5) is 11.4 Å². The van der Waals surface area contributed by atoms with Crippen molar-refractivity contribution in [3.05, 3.63) is 65.2 Å². The van der Waals surface area contributed by atoms with E-state index in [-0.39, 0.29) is 6.10 Å². The Hall–Kier alpha value is -3.66. The Morgan fingerprint density at radius 1 is 1.36 bits per heavy atom. The summed E-state index contributed by atoms with van der Waals surface area (Å²) in [4.78, 5) is 4.35. The lowest BCUT2D eigenvalue weighted by molar-refractivity contribution is 0.183. The van der Waals surface area contributed by atoms with Crippen LogP contribution in [0.1, 0.15) is 41.3 Å². The van der Waals surface area contributed by atoms with Gasteiger partial charge in [-0.05, 0) is 42.5 Å². The molecule has 1 aliphatic carbocycles. The molecule has 2 heterocycles. The summed E-state index contributed by atoms with van der Waals surface area (Å²) in [5, 5.41) is 24.1. The number of pyridine rings is 1. The van der Waals surface area contributed by atoms with E-state index in [0.29, 0.717) is 22.7 Å². The van der Waals surface area contributed by atoms with Gasteiger partial charge in [0.05, 0.1) is 35.4 Å². The number of benzene rings is 1. The van der Waals surface area contributed by atoms with Gasteiger partial charge in [-0.1, -0.05) is 6.07 Å². The second kappa shape index (κ2) is 7.53. The van der Waals surface area contributed by atoms with Crippen LogP contribution in [0, 0.1) is 16.7 Å². The zero-order chi connectivity index (χ0) is 19.5. The SMILES string of the molecule is Cn1cc(Nc2cc(O[C@@H]3CCCc4cc(C#N)ccc43)cnc2C=N)cn1. The number of nitrogens with zero attached hydrogens (tertiary/aromatic N) is 4. The van der Waals surface area contributed by atoms with Gasteiger partial charge in [0.1, 0.15) is 17.5 Å². The van der Waals surface area contributed by atoms with Crippen LogP contribution in [0.3, 0.4) is 0 Å². The van der Waals surface area contributed by atoms with Gasteiger partial charge in [0.15, 0.2) is 0 Å². The second-order valence-corrected chi connectivity index (χ2v) is 6.80. The molecule has 0 bridgehead atoms. The molecule has 2 aromatic heterocycles. The average Bonchev–Trinajstić information content (AvgIpc) is 3.12. The van der Waals surface area contributed by atoms with Crippen molar-refractivity contribution in [2.75, 3.05) is 5.32 Å². The molecule has 7 nitrogen and oxygen atoms in total. The van der Waals surface area contributed by atoms with E-state index < -0.39 is 0 Å². The first kappa shape index (κ1) is 17.7. The maximum absolute atomic E-state index is 9.12. The van der Waals surface area contributed by atoms with Crippen LogP contribution < -0.4 is 10.1 Å². The largest absolute Gasteiger partial charge is 0.484 e. The molecule has 140 valence electrons. The summed E-state index contributed by atoms with van der Waals surface area (Å²) < 4.78 is 7.96. The van der Waals surface area contributed by atoms with Crippen LogP contribution >= 0.6 is 0 Å². The fourth-order valence-electron chi connectivity index (χ4n) is 3.50. The summed E-state index contributed by atoms with van der Waals surface area (Å²) in [7, 11) is 1.85. The lowest BCUT2D eigenvalue weighted by atomic mass is 9.88. The Balaban J connectivity index is 1.60. The van der Waals surface area contributed by atoms with Gasteiger partial charge in [-0.3, -0.25) is 4.68 Å². The molecule has 3 aromatic rings. The zero-order valence-electron chi connectivity index (χ0n) is 15.5. The molecule has 1 aromatic carbocycles. The molecule has 1 atom stereocenters. The van der Waals surface area contributed by atoms with E-state index in [1.54, 1.807) is 17.1 Å². The van der Waals surface area contributed by atoms with Gasteiger partial charge >= 0.3 is 0 Å². The molecular weight excluding hydrogens is 352 g/mol. The first-order chi connectivity index (χ1) is 13.7. The molecule has 28 heavy (non-hydrogen) atoms. The number of nitrogens with one attached hydrogen (secondary N) is 2. The predicted octanol–water partition coefficient (Wildman–Crippen LogP) is 3.88. The van der Waals surface area contributed by atoms with Gasteiger partial charge in [-0.25, -0.2) is 4.98 Å². The van der Waals surface area contributed by atoms with E-state index in [1.807, 2.05) is 37.5 Å². The summed E-state index contributed by atoms with van der Waals surface area (Å²) in [6, 6.07) is 9.85. The molecule has 0 saturated carbocycles. The third-order valence-corrected chi connectivity index (χ3v) is 4.82. The number of hydrogen-bond donors (Lipinski definition) is 2. The van der Waals surface area contributed by atoms with Crippen LogP contribution in [0.2, 0.25) is 0 Å². The average molecular weight is 372 g/mol. The fourth-order valence-corrected chi connectivity index (χ4v) is 3.50. The zero-order valence-corrected chi connectivity index (χ0v) is 15.5. The minimum atomic E-state index is -0.0737. The van der Waals surface area contributed by atoms with Crippen LogP contribution in [-0.2, 0) is 13.5 Å². The van der Waals surface area contributed by atoms with E-state index in [1.165, 1.54) is 11.8 Å². The van der Waals surface area contributed by atoms with Crippen LogP contribution in [0.25, 0.3) is 0 Å². The minimum absolute atomic E-state index is 0.0737. The molecule has 7 heteroatoms. The van der Waals surface area contributed by atoms with Crippen molar-refractivity contribution in [3.8, 4) is 11.8 Å². The highest BCUT2D eigenvalue weighted by Gasteiger charge is 2.22. The Morgan fingerprint density at radius 2 is 2.25 bits per heavy atom. The lowest BCUT2D eigenvalue weighted by Crippen LogP contribution is -2.15. The fraction of sp³-hybridized carbons (Fsp3) is 0.238. The molecule has 2 N–H and O–H groups in total. The highest BCUT2D eigenvalue weighted by molar-refractivity contribution is 5.85. The van der Waals surface area contributed by atoms with Crippen LogP contribution in [0.5, 0.6) is 5.75 Å². The first-order valence-corrected chi connectivity index (χ1v) is 9.12. The van der Waals surface area contributed by atoms with Gasteiger partial charge in [0, 0.05) is 25.5 Å². The predicted molar refractivity (Wildman–Crippen MR) is 106 cm³/mol. The van der Waals surface area contributed by atoms with Crippen molar-refractivity contribution in [1.29, 1.82) is 10.7 Å². The number of nitriles is 1. The molecular formula is C21H20N6O. The molecule has 0 saturated heterocycles. The standard InChI is InChI=1S/C21H20N6O/c1-27-13-16(11-25-27)26-19-8-17(12-24-20(19)10-23)28-21-4-2-3-15-7-14(9-22)5-6-18(15)21/h5-8,10-13,21,23,26H,2-4H2,1H3/t21-/m1/s1. The van der Waals surface area contributed by atoms with Gasteiger partial charge in [0.2, 0.25) is 0 Å². The van der Waals surface area contributed by atoms with Crippen LogP contribution in [-0.4, -0.2) is 21.0 Å². The van der Waals surface area contributed by atoms with Crippen molar-refractivity contribution >= 4 is 17.6 Å². The molecule has 0 fully saturated rings. The first-order valence-electron chi connectivity index (χ1n) is 9.12.